The monoisotopic (exact) mass is 343 g/mol. The van der Waals surface area contributed by atoms with Crippen molar-refractivity contribution in [3.8, 4) is 5.69 Å². The van der Waals surface area contributed by atoms with Gasteiger partial charge in [-0.2, -0.15) is 5.10 Å². The van der Waals surface area contributed by atoms with Crippen LogP contribution in [0.4, 0.5) is 0 Å². The lowest BCUT2D eigenvalue weighted by atomic mass is 10.00. The van der Waals surface area contributed by atoms with E-state index in [-0.39, 0.29) is 11.5 Å². The van der Waals surface area contributed by atoms with E-state index in [9.17, 15) is 9.90 Å². The standard InChI is InChI=1S/C18H21N3O4/c22-18(23)13-2-1-3-15(10-13)21-17(14-6-9-25-11-14)19-16(20-21)12-4-7-24-8-5-12/h1-3,10,12,14H,4-9,11H2,(H,22,23)/t14-/m0/s1. The predicted molar refractivity (Wildman–Crippen MR) is 89.3 cm³/mol. The summed E-state index contributed by atoms with van der Waals surface area (Å²) in [7, 11) is 0. The van der Waals surface area contributed by atoms with E-state index in [1.165, 1.54) is 0 Å². The van der Waals surface area contributed by atoms with Gasteiger partial charge in [0.1, 0.15) is 5.82 Å². The number of carboxylic acids is 1. The lowest BCUT2D eigenvalue weighted by molar-refractivity contribution is 0.0696. The molecule has 0 saturated carbocycles. The molecule has 2 aliphatic rings. The first-order chi connectivity index (χ1) is 12.2. The van der Waals surface area contributed by atoms with Gasteiger partial charge in [0.2, 0.25) is 0 Å². The quantitative estimate of drug-likeness (QED) is 0.917. The highest BCUT2D eigenvalue weighted by atomic mass is 16.5. The van der Waals surface area contributed by atoms with Crippen molar-refractivity contribution in [3.63, 3.8) is 0 Å². The Balaban J connectivity index is 1.75. The van der Waals surface area contributed by atoms with Crippen LogP contribution in [0, 0.1) is 0 Å². The van der Waals surface area contributed by atoms with E-state index in [1.807, 2.05) is 6.07 Å². The summed E-state index contributed by atoms with van der Waals surface area (Å²) in [6.07, 6.45) is 2.74. The fraction of sp³-hybridized carbons (Fsp3) is 0.500. The molecule has 4 rings (SSSR count). The van der Waals surface area contributed by atoms with Crippen molar-refractivity contribution in [2.24, 2.45) is 0 Å². The van der Waals surface area contributed by atoms with E-state index in [0.29, 0.717) is 12.5 Å². The normalized spacial score (nSPS) is 21.5. The molecule has 3 heterocycles. The summed E-state index contributed by atoms with van der Waals surface area (Å²) in [5.41, 5.74) is 0.974. The number of nitrogens with zero attached hydrogens (tertiary/aromatic N) is 3. The summed E-state index contributed by atoms with van der Waals surface area (Å²) in [6, 6.07) is 6.84. The van der Waals surface area contributed by atoms with Gasteiger partial charge in [-0.05, 0) is 37.5 Å². The first-order valence-electron chi connectivity index (χ1n) is 8.68. The molecule has 0 aliphatic carbocycles. The van der Waals surface area contributed by atoms with E-state index in [4.69, 9.17) is 19.6 Å². The fourth-order valence-corrected chi connectivity index (χ4v) is 3.43. The molecule has 2 saturated heterocycles. The van der Waals surface area contributed by atoms with E-state index >= 15 is 0 Å². The predicted octanol–water partition coefficient (Wildman–Crippen LogP) is 2.36. The second-order valence-corrected chi connectivity index (χ2v) is 6.54. The average Bonchev–Trinajstić information content (AvgIpc) is 3.32. The third-order valence-corrected chi connectivity index (χ3v) is 4.87. The van der Waals surface area contributed by atoms with Crippen molar-refractivity contribution >= 4 is 5.97 Å². The Morgan fingerprint density at radius 3 is 2.60 bits per heavy atom. The van der Waals surface area contributed by atoms with Gasteiger partial charge < -0.3 is 14.6 Å². The van der Waals surface area contributed by atoms with Crippen LogP contribution < -0.4 is 0 Å². The topological polar surface area (TPSA) is 86.5 Å². The van der Waals surface area contributed by atoms with Crippen LogP contribution in [0.3, 0.4) is 0 Å². The SMILES string of the molecule is O=C(O)c1cccc(-n2nc(C3CCOCC3)nc2[C@H]2CCOC2)c1. The maximum Gasteiger partial charge on any atom is 0.335 e. The highest BCUT2D eigenvalue weighted by molar-refractivity contribution is 5.88. The van der Waals surface area contributed by atoms with Crippen molar-refractivity contribution < 1.29 is 19.4 Å². The third kappa shape index (κ3) is 3.29. The molecule has 7 nitrogen and oxygen atoms in total. The van der Waals surface area contributed by atoms with Gasteiger partial charge >= 0.3 is 5.97 Å². The van der Waals surface area contributed by atoms with E-state index in [2.05, 4.69) is 0 Å². The summed E-state index contributed by atoms with van der Waals surface area (Å²) in [4.78, 5) is 16.1. The number of ether oxygens (including phenoxy) is 2. The molecular weight excluding hydrogens is 322 g/mol. The number of rotatable bonds is 4. The lowest BCUT2D eigenvalue weighted by Gasteiger charge is -2.18. The van der Waals surface area contributed by atoms with E-state index < -0.39 is 5.97 Å². The molecule has 1 N–H and O–H groups in total. The van der Waals surface area contributed by atoms with Gasteiger partial charge in [0.05, 0.1) is 17.9 Å². The molecule has 1 atom stereocenters. The Bertz CT molecular complexity index is 761. The molecule has 7 heteroatoms. The van der Waals surface area contributed by atoms with Gasteiger partial charge in [0.25, 0.3) is 0 Å². The number of benzene rings is 1. The Labute approximate surface area is 145 Å². The van der Waals surface area contributed by atoms with Crippen LogP contribution in [0.1, 0.15) is 53.1 Å². The minimum Gasteiger partial charge on any atom is -0.478 e. The Morgan fingerprint density at radius 1 is 1.12 bits per heavy atom. The van der Waals surface area contributed by atoms with Gasteiger partial charge in [-0.25, -0.2) is 14.5 Å². The number of hydrogen-bond acceptors (Lipinski definition) is 5. The third-order valence-electron chi connectivity index (χ3n) is 4.87. The summed E-state index contributed by atoms with van der Waals surface area (Å²) in [6.45, 7) is 2.81. The second-order valence-electron chi connectivity index (χ2n) is 6.54. The van der Waals surface area contributed by atoms with Crippen LogP contribution >= 0.6 is 0 Å². The molecule has 2 aliphatic heterocycles. The minimum absolute atomic E-state index is 0.189. The van der Waals surface area contributed by atoms with Gasteiger partial charge in [0, 0.05) is 31.7 Å². The molecule has 2 aromatic rings. The summed E-state index contributed by atoms with van der Waals surface area (Å²) in [5.74, 6) is 1.22. The summed E-state index contributed by atoms with van der Waals surface area (Å²) < 4.78 is 12.8. The van der Waals surface area contributed by atoms with Crippen molar-refractivity contribution in [2.75, 3.05) is 26.4 Å². The molecule has 25 heavy (non-hydrogen) atoms. The first kappa shape index (κ1) is 16.2. The molecule has 0 unspecified atom stereocenters. The molecule has 0 radical (unpaired) electrons. The highest BCUT2D eigenvalue weighted by Gasteiger charge is 2.28. The number of carboxylic acid groups (broad SMARTS) is 1. The highest BCUT2D eigenvalue weighted by Crippen LogP contribution is 2.30. The molecule has 1 aromatic heterocycles. The van der Waals surface area contributed by atoms with Crippen LogP contribution in [-0.4, -0.2) is 52.3 Å². The van der Waals surface area contributed by atoms with Crippen molar-refractivity contribution in [3.05, 3.63) is 41.5 Å². The van der Waals surface area contributed by atoms with Gasteiger partial charge in [-0.1, -0.05) is 6.07 Å². The van der Waals surface area contributed by atoms with E-state index in [0.717, 1.165) is 56.4 Å². The number of aromatic nitrogens is 3. The summed E-state index contributed by atoms with van der Waals surface area (Å²) in [5, 5.41) is 14.0. The number of carbonyl (C=O) groups is 1. The largest absolute Gasteiger partial charge is 0.478 e. The molecule has 2 fully saturated rings. The smallest absolute Gasteiger partial charge is 0.335 e. The Morgan fingerprint density at radius 2 is 1.88 bits per heavy atom. The number of aromatic carboxylic acids is 1. The Kier molecular flexibility index (Phi) is 4.50. The summed E-state index contributed by atoms with van der Waals surface area (Å²) >= 11 is 0. The zero-order chi connectivity index (χ0) is 17.2. The lowest BCUT2D eigenvalue weighted by Crippen LogP contribution is -2.15. The Hall–Kier alpha value is -2.25. The van der Waals surface area contributed by atoms with Crippen molar-refractivity contribution in [1.82, 2.24) is 14.8 Å². The zero-order valence-electron chi connectivity index (χ0n) is 13.9. The first-order valence-corrected chi connectivity index (χ1v) is 8.68. The molecule has 132 valence electrons. The fourth-order valence-electron chi connectivity index (χ4n) is 3.43. The van der Waals surface area contributed by atoms with Crippen molar-refractivity contribution in [2.45, 2.75) is 31.1 Å². The van der Waals surface area contributed by atoms with Crippen LogP contribution in [-0.2, 0) is 9.47 Å². The maximum absolute atomic E-state index is 11.3. The van der Waals surface area contributed by atoms with E-state index in [1.54, 1.807) is 22.9 Å². The van der Waals surface area contributed by atoms with Gasteiger partial charge in [-0.15, -0.1) is 0 Å². The molecule has 0 bridgehead atoms. The molecule has 1 aromatic carbocycles. The van der Waals surface area contributed by atoms with Crippen LogP contribution in [0.2, 0.25) is 0 Å². The van der Waals surface area contributed by atoms with Gasteiger partial charge in [0.15, 0.2) is 5.82 Å². The van der Waals surface area contributed by atoms with Crippen molar-refractivity contribution in [1.29, 1.82) is 0 Å². The van der Waals surface area contributed by atoms with Gasteiger partial charge in [-0.3, -0.25) is 0 Å². The molecular formula is C18H21N3O4. The second kappa shape index (κ2) is 6.93. The minimum atomic E-state index is -0.947. The molecule has 0 spiro atoms. The number of hydrogen-bond donors (Lipinski definition) is 1. The van der Waals surface area contributed by atoms with Crippen LogP contribution in [0.15, 0.2) is 24.3 Å². The zero-order valence-corrected chi connectivity index (χ0v) is 13.9. The van der Waals surface area contributed by atoms with Crippen LogP contribution in [0.5, 0.6) is 0 Å². The average molecular weight is 343 g/mol. The maximum atomic E-state index is 11.3. The molecule has 0 amide bonds. The van der Waals surface area contributed by atoms with Crippen LogP contribution in [0.25, 0.3) is 5.69 Å².